The predicted molar refractivity (Wildman–Crippen MR) is 73.1 cm³/mol. The van der Waals surface area contributed by atoms with Gasteiger partial charge in [0, 0.05) is 32.1 Å². The van der Waals surface area contributed by atoms with Gasteiger partial charge >= 0.3 is 5.97 Å². The fraction of sp³-hybridized carbons (Fsp3) is 0.533. The van der Waals surface area contributed by atoms with Crippen LogP contribution in [0.3, 0.4) is 0 Å². The molecule has 1 aromatic carbocycles. The van der Waals surface area contributed by atoms with Crippen LogP contribution in [0.2, 0.25) is 0 Å². The van der Waals surface area contributed by atoms with Crippen LogP contribution in [0.5, 0.6) is 0 Å². The van der Waals surface area contributed by atoms with E-state index in [0.717, 1.165) is 32.6 Å². The SMILES string of the molecule is O=C(O)[C@@H]1CCN(Cc2ccc(C3CNC3)cc2)C1. The minimum absolute atomic E-state index is 0.180. The first-order valence-electron chi connectivity index (χ1n) is 6.97. The molecule has 2 N–H and O–H groups in total. The van der Waals surface area contributed by atoms with Crippen LogP contribution in [-0.2, 0) is 11.3 Å². The van der Waals surface area contributed by atoms with Crippen molar-refractivity contribution in [2.75, 3.05) is 26.2 Å². The lowest BCUT2D eigenvalue weighted by molar-refractivity contribution is -0.141. The Morgan fingerprint density at radius 1 is 1.32 bits per heavy atom. The van der Waals surface area contributed by atoms with Gasteiger partial charge in [0.25, 0.3) is 0 Å². The van der Waals surface area contributed by atoms with Gasteiger partial charge in [-0.2, -0.15) is 0 Å². The van der Waals surface area contributed by atoms with E-state index in [1.807, 2.05) is 0 Å². The largest absolute Gasteiger partial charge is 0.481 e. The quantitative estimate of drug-likeness (QED) is 0.856. The molecule has 0 saturated carbocycles. The third-order valence-electron chi connectivity index (χ3n) is 4.26. The summed E-state index contributed by atoms with van der Waals surface area (Å²) in [6.07, 6.45) is 0.779. The van der Waals surface area contributed by atoms with Crippen molar-refractivity contribution in [3.63, 3.8) is 0 Å². The number of aliphatic carboxylic acids is 1. The van der Waals surface area contributed by atoms with E-state index in [-0.39, 0.29) is 5.92 Å². The molecule has 0 aromatic heterocycles. The molecule has 2 aliphatic heterocycles. The second-order valence-corrected chi connectivity index (χ2v) is 5.66. The second kappa shape index (κ2) is 5.31. The van der Waals surface area contributed by atoms with Gasteiger partial charge < -0.3 is 10.4 Å². The van der Waals surface area contributed by atoms with Crippen LogP contribution in [0.25, 0.3) is 0 Å². The van der Waals surface area contributed by atoms with E-state index in [0.29, 0.717) is 12.5 Å². The number of carbonyl (C=O) groups is 1. The van der Waals surface area contributed by atoms with E-state index in [4.69, 9.17) is 5.11 Å². The summed E-state index contributed by atoms with van der Waals surface area (Å²) in [6.45, 7) is 4.62. The minimum Gasteiger partial charge on any atom is -0.481 e. The number of nitrogens with zero attached hydrogens (tertiary/aromatic N) is 1. The molecule has 0 radical (unpaired) electrons. The van der Waals surface area contributed by atoms with E-state index < -0.39 is 5.97 Å². The number of nitrogens with one attached hydrogen (secondary N) is 1. The summed E-state index contributed by atoms with van der Waals surface area (Å²) in [4.78, 5) is 13.2. The minimum atomic E-state index is -0.657. The van der Waals surface area contributed by atoms with Crippen molar-refractivity contribution in [1.82, 2.24) is 10.2 Å². The Morgan fingerprint density at radius 3 is 2.58 bits per heavy atom. The first kappa shape index (κ1) is 12.6. The highest BCUT2D eigenvalue weighted by atomic mass is 16.4. The van der Waals surface area contributed by atoms with Crippen molar-refractivity contribution in [1.29, 1.82) is 0 Å². The van der Waals surface area contributed by atoms with E-state index >= 15 is 0 Å². The Bertz CT molecular complexity index is 454. The Hall–Kier alpha value is -1.39. The van der Waals surface area contributed by atoms with E-state index in [1.54, 1.807) is 0 Å². The summed E-state index contributed by atoms with van der Waals surface area (Å²) in [5.41, 5.74) is 2.69. The zero-order chi connectivity index (χ0) is 13.2. The maximum absolute atomic E-state index is 10.9. The average Bonchev–Trinajstić information content (AvgIpc) is 2.78. The van der Waals surface area contributed by atoms with Gasteiger partial charge in [-0.25, -0.2) is 0 Å². The van der Waals surface area contributed by atoms with Crippen LogP contribution in [-0.4, -0.2) is 42.2 Å². The van der Waals surface area contributed by atoms with Crippen molar-refractivity contribution >= 4 is 5.97 Å². The lowest BCUT2D eigenvalue weighted by atomic mass is 9.93. The summed E-state index contributed by atoms with van der Waals surface area (Å²) in [5.74, 6) is -0.159. The van der Waals surface area contributed by atoms with Crippen molar-refractivity contribution in [2.24, 2.45) is 5.92 Å². The number of benzene rings is 1. The topological polar surface area (TPSA) is 52.6 Å². The molecule has 4 heteroatoms. The smallest absolute Gasteiger partial charge is 0.307 e. The molecule has 0 unspecified atom stereocenters. The maximum atomic E-state index is 10.9. The maximum Gasteiger partial charge on any atom is 0.307 e. The number of hydrogen-bond donors (Lipinski definition) is 2. The number of rotatable bonds is 4. The Balaban J connectivity index is 1.56. The highest BCUT2D eigenvalue weighted by Gasteiger charge is 2.27. The molecule has 19 heavy (non-hydrogen) atoms. The first-order chi connectivity index (χ1) is 9.22. The molecule has 2 fully saturated rings. The molecule has 3 rings (SSSR count). The standard InChI is InChI=1S/C15H20N2O2/c18-15(19)13-5-6-17(10-13)9-11-1-3-12(4-2-11)14-7-16-8-14/h1-4,13-14,16H,5-10H2,(H,18,19)/t13-/m1/s1. The summed E-state index contributed by atoms with van der Waals surface area (Å²) in [5, 5.41) is 12.3. The molecule has 102 valence electrons. The number of carboxylic acid groups (broad SMARTS) is 1. The zero-order valence-corrected chi connectivity index (χ0v) is 11.0. The molecule has 0 bridgehead atoms. The second-order valence-electron chi connectivity index (χ2n) is 5.66. The van der Waals surface area contributed by atoms with Gasteiger partial charge in [0.05, 0.1) is 5.92 Å². The van der Waals surface area contributed by atoms with Crippen molar-refractivity contribution < 1.29 is 9.90 Å². The van der Waals surface area contributed by atoms with Gasteiger partial charge in [-0.15, -0.1) is 0 Å². The molecular formula is C15H20N2O2. The van der Waals surface area contributed by atoms with Crippen LogP contribution in [0, 0.1) is 5.92 Å². The fourth-order valence-corrected chi connectivity index (χ4v) is 2.86. The third kappa shape index (κ3) is 2.80. The lowest BCUT2D eigenvalue weighted by Gasteiger charge is -2.27. The molecular weight excluding hydrogens is 240 g/mol. The van der Waals surface area contributed by atoms with Gasteiger partial charge in [0.1, 0.15) is 0 Å². The predicted octanol–water partition coefficient (Wildman–Crippen LogP) is 1.28. The van der Waals surface area contributed by atoms with Gasteiger partial charge in [-0.3, -0.25) is 9.69 Å². The normalized spacial score (nSPS) is 24.3. The van der Waals surface area contributed by atoms with Crippen molar-refractivity contribution in [3.05, 3.63) is 35.4 Å². The van der Waals surface area contributed by atoms with Gasteiger partial charge in [0.2, 0.25) is 0 Å². The van der Waals surface area contributed by atoms with Crippen LogP contribution in [0.15, 0.2) is 24.3 Å². The summed E-state index contributed by atoms with van der Waals surface area (Å²) < 4.78 is 0. The van der Waals surface area contributed by atoms with Gasteiger partial charge in [0.15, 0.2) is 0 Å². The van der Waals surface area contributed by atoms with E-state index in [1.165, 1.54) is 11.1 Å². The zero-order valence-electron chi connectivity index (χ0n) is 11.0. The monoisotopic (exact) mass is 260 g/mol. The Kier molecular flexibility index (Phi) is 3.53. The van der Waals surface area contributed by atoms with Gasteiger partial charge in [-0.1, -0.05) is 24.3 Å². The van der Waals surface area contributed by atoms with Crippen LogP contribution in [0.4, 0.5) is 0 Å². The molecule has 0 spiro atoms. The summed E-state index contributed by atoms with van der Waals surface area (Å²) >= 11 is 0. The van der Waals surface area contributed by atoms with Crippen LogP contribution < -0.4 is 5.32 Å². The molecule has 0 aliphatic carbocycles. The molecule has 2 heterocycles. The molecule has 2 saturated heterocycles. The van der Waals surface area contributed by atoms with E-state index in [9.17, 15) is 4.79 Å². The van der Waals surface area contributed by atoms with Crippen molar-refractivity contribution in [3.8, 4) is 0 Å². The highest BCUT2D eigenvalue weighted by molar-refractivity contribution is 5.70. The summed E-state index contributed by atoms with van der Waals surface area (Å²) in [7, 11) is 0. The van der Waals surface area contributed by atoms with Crippen molar-refractivity contribution in [2.45, 2.75) is 18.9 Å². The van der Waals surface area contributed by atoms with Crippen LogP contribution in [0.1, 0.15) is 23.5 Å². The number of likely N-dealkylation sites (tertiary alicyclic amines) is 1. The lowest BCUT2D eigenvalue weighted by Crippen LogP contribution is -2.39. The third-order valence-corrected chi connectivity index (χ3v) is 4.26. The molecule has 4 nitrogen and oxygen atoms in total. The molecule has 1 atom stereocenters. The average molecular weight is 260 g/mol. The van der Waals surface area contributed by atoms with E-state index in [2.05, 4.69) is 34.5 Å². The summed E-state index contributed by atoms with van der Waals surface area (Å²) in [6, 6.07) is 8.79. The van der Waals surface area contributed by atoms with Crippen LogP contribution >= 0.6 is 0 Å². The molecule has 2 aliphatic rings. The molecule has 0 amide bonds. The fourth-order valence-electron chi connectivity index (χ4n) is 2.86. The number of hydrogen-bond acceptors (Lipinski definition) is 3. The van der Waals surface area contributed by atoms with Gasteiger partial charge in [-0.05, 0) is 24.1 Å². The molecule has 1 aromatic rings. The first-order valence-corrected chi connectivity index (χ1v) is 6.97. The Morgan fingerprint density at radius 2 is 2.05 bits per heavy atom. The Labute approximate surface area is 113 Å². The highest BCUT2D eigenvalue weighted by Crippen LogP contribution is 2.22. The number of carboxylic acids is 1.